The first-order valence-corrected chi connectivity index (χ1v) is 11.8. The molecule has 186 valence electrons. The molecule has 10 heteroatoms. The molecule has 0 bridgehead atoms. The molecule has 9 nitrogen and oxygen atoms in total. The summed E-state index contributed by atoms with van der Waals surface area (Å²) in [7, 11) is 1.51. The number of fused-ring (bicyclic) bond motifs is 1. The van der Waals surface area contributed by atoms with Crippen LogP contribution in [0.4, 0.5) is 5.69 Å². The van der Waals surface area contributed by atoms with Crippen molar-refractivity contribution in [2.24, 2.45) is 0 Å². The average Bonchev–Trinajstić information content (AvgIpc) is 3.36. The van der Waals surface area contributed by atoms with Crippen LogP contribution < -0.4 is 15.5 Å². The number of benzene rings is 2. The summed E-state index contributed by atoms with van der Waals surface area (Å²) >= 11 is 6.18. The SMILES string of the molecule is COc1ccc(NC(=O)Cn2cc(-c3nc(-c4ccccc4C)no3)c(=O)c3ccc(C)nc32)cc1Cl. The molecule has 0 saturated carbocycles. The van der Waals surface area contributed by atoms with Gasteiger partial charge in [0, 0.05) is 23.1 Å². The van der Waals surface area contributed by atoms with Crippen molar-refractivity contribution in [3.63, 3.8) is 0 Å². The standard InChI is InChI=1S/C27H22ClN5O4/c1-15-6-4-5-7-18(15)25-31-27(37-32-25)20-13-33(26-19(24(20)35)10-8-16(2)29-26)14-23(34)30-17-9-11-22(36-3)21(28)12-17/h4-13H,14H2,1-3H3,(H,30,34). The van der Waals surface area contributed by atoms with Gasteiger partial charge in [0.05, 0.1) is 17.5 Å². The van der Waals surface area contributed by atoms with Gasteiger partial charge in [-0.2, -0.15) is 4.98 Å². The lowest BCUT2D eigenvalue weighted by atomic mass is 10.1. The largest absolute Gasteiger partial charge is 0.495 e. The van der Waals surface area contributed by atoms with Crippen molar-refractivity contribution in [2.45, 2.75) is 20.4 Å². The van der Waals surface area contributed by atoms with E-state index in [1.807, 2.05) is 38.1 Å². The molecule has 0 saturated heterocycles. The van der Waals surface area contributed by atoms with Crippen LogP contribution in [0.1, 0.15) is 11.3 Å². The third kappa shape index (κ3) is 4.81. The molecule has 0 unspecified atom stereocenters. The minimum Gasteiger partial charge on any atom is -0.495 e. The highest BCUT2D eigenvalue weighted by Crippen LogP contribution is 2.28. The van der Waals surface area contributed by atoms with Gasteiger partial charge < -0.3 is 19.1 Å². The van der Waals surface area contributed by atoms with Gasteiger partial charge in [0.15, 0.2) is 0 Å². The van der Waals surface area contributed by atoms with Gasteiger partial charge in [-0.05, 0) is 49.7 Å². The Bertz CT molecular complexity index is 1710. The van der Waals surface area contributed by atoms with Gasteiger partial charge in [-0.3, -0.25) is 9.59 Å². The molecule has 5 aromatic rings. The number of anilines is 1. The van der Waals surface area contributed by atoms with Gasteiger partial charge in [-0.25, -0.2) is 4.98 Å². The number of carbonyl (C=O) groups is 1. The normalized spacial score (nSPS) is 11.0. The molecule has 0 aliphatic rings. The van der Waals surface area contributed by atoms with Crippen LogP contribution in [-0.4, -0.2) is 32.7 Å². The first-order chi connectivity index (χ1) is 17.8. The Morgan fingerprint density at radius 2 is 1.89 bits per heavy atom. The molecule has 1 amide bonds. The minimum atomic E-state index is -0.341. The molecule has 0 aliphatic heterocycles. The van der Waals surface area contributed by atoms with Gasteiger partial charge in [0.25, 0.3) is 5.89 Å². The number of amides is 1. The molecule has 0 aliphatic carbocycles. The van der Waals surface area contributed by atoms with Crippen LogP contribution >= 0.6 is 11.6 Å². The number of rotatable bonds is 6. The average molecular weight is 516 g/mol. The van der Waals surface area contributed by atoms with E-state index >= 15 is 0 Å². The molecular weight excluding hydrogens is 494 g/mol. The number of ether oxygens (including phenoxy) is 1. The molecule has 0 atom stereocenters. The summed E-state index contributed by atoms with van der Waals surface area (Å²) in [4.78, 5) is 35.3. The van der Waals surface area contributed by atoms with Crippen molar-refractivity contribution >= 4 is 34.2 Å². The molecule has 37 heavy (non-hydrogen) atoms. The van der Waals surface area contributed by atoms with E-state index in [1.54, 1.807) is 34.9 Å². The van der Waals surface area contributed by atoms with E-state index in [9.17, 15) is 9.59 Å². The Morgan fingerprint density at radius 1 is 1.08 bits per heavy atom. The zero-order valence-corrected chi connectivity index (χ0v) is 21.0. The summed E-state index contributed by atoms with van der Waals surface area (Å²) in [6.45, 7) is 3.63. The predicted octanol–water partition coefficient (Wildman–Crippen LogP) is 5.03. The van der Waals surface area contributed by atoms with E-state index in [0.717, 1.165) is 11.1 Å². The van der Waals surface area contributed by atoms with Crippen molar-refractivity contribution in [1.29, 1.82) is 0 Å². The fraction of sp³-hybridized carbons (Fsp3) is 0.148. The highest BCUT2D eigenvalue weighted by atomic mass is 35.5. The zero-order valence-electron chi connectivity index (χ0n) is 20.3. The number of hydrogen-bond donors (Lipinski definition) is 1. The predicted molar refractivity (Wildman–Crippen MR) is 141 cm³/mol. The minimum absolute atomic E-state index is 0.0572. The Balaban J connectivity index is 1.53. The van der Waals surface area contributed by atoms with Crippen molar-refractivity contribution in [3.8, 4) is 28.6 Å². The summed E-state index contributed by atoms with van der Waals surface area (Å²) in [5, 5.41) is 7.59. The van der Waals surface area contributed by atoms with Gasteiger partial charge in [-0.1, -0.05) is 41.0 Å². The third-order valence-corrected chi connectivity index (χ3v) is 6.15. The maximum atomic E-state index is 13.4. The van der Waals surface area contributed by atoms with Crippen LogP contribution in [0.25, 0.3) is 33.9 Å². The van der Waals surface area contributed by atoms with Crippen LogP contribution in [0.5, 0.6) is 5.75 Å². The van der Waals surface area contributed by atoms with Crippen LogP contribution in [0.3, 0.4) is 0 Å². The number of aryl methyl sites for hydroxylation is 2. The molecule has 0 spiro atoms. The van der Waals surface area contributed by atoms with Crippen molar-refractivity contribution in [2.75, 3.05) is 12.4 Å². The Hall–Kier alpha value is -4.50. The smallest absolute Gasteiger partial charge is 0.263 e. The summed E-state index contributed by atoms with van der Waals surface area (Å²) in [5.41, 5.74) is 3.21. The van der Waals surface area contributed by atoms with Crippen LogP contribution in [0.2, 0.25) is 5.02 Å². The maximum Gasteiger partial charge on any atom is 0.263 e. The number of pyridine rings is 2. The molecular formula is C27H22ClN5O4. The summed E-state index contributed by atoms with van der Waals surface area (Å²) in [6, 6.07) is 16.0. The summed E-state index contributed by atoms with van der Waals surface area (Å²) in [5.74, 6) is 0.587. The van der Waals surface area contributed by atoms with Crippen molar-refractivity contribution in [3.05, 3.63) is 87.3 Å². The maximum absolute atomic E-state index is 13.4. The topological polar surface area (TPSA) is 112 Å². The Morgan fingerprint density at radius 3 is 2.65 bits per heavy atom. The fourth-order valence-electron chi connectivity index (χ4n) is 4.00. The molecule has 3 aromatic heterocycles. The first-order valence-electron chi connectivity index (χ1n) is 11.4. The summed E-state index contributed by atoms with van der Waals surface area (Å²) < 4.78 is 12.2. The molecule has 5 rings (SSSR count). The number of methoxy groups -OCH3 is 1. The van der Waals surface area contributed by atoms with E-state index in [4.69, 9.17) is 20.9 Å². The second kappa shape index (κ2) is 9.87. The van der Waals surface area contributed by atoms with Crippen molar-refractivity contribution in [1.82, 2.24) is 19.7 Å². The van der Waals surface area contributed by atoms with E-state index in [0.29, 0.717) is 39.0 Å². The number of carbonyl (C=O) groups excluding carboxylic acids is 1. The number of halogens is 1. The third-order valence-electron chi connectivity index (χ3n) is 5.85. The van der Waals surface area contributed by atoms with Crippen molar-refractivity contribution < 1.29 is 14.1 Å². The molecule has 2 aromatic carbocycles. The molecule has 0 fully saturated rings. The van der Waals surface area contributed by atoms with Gasteiger partial charge >= 0.3 is 0 Å². The van der Waals surface area contributed by atoms with E-state index in [2.05, 4.69) is 20.4 Å². The van der Waals surface area contributed by atoms with E-state index in [1.165, 1.54) is 13.3 Å². The fourth-order valence-corrected chi connectivity index (χ4v) is 4.26. The quantitative estimate of drug-likeness (QED) is 0.337. The van der Waals surface area contributed by atoms with Gasteiger partial charge in [-0.15, -0.1) is 0 Å². The van der Waals surface area contributed by atoms with Gasteiger partial charge in [0.2, 0.25) is 17.2 Å². The van der Waals surface area contributed by atoms with Crippen LogP contribution in [0.15, 0.2) is 70.1 Å². The van der Waals surface area contributed by atoms with Crippen LogP contribution in [-0.2, 0) is 11.3 Å². The molecule has 0 radical (unpaired) electrons. The van der Waals surface area contributed by atoms with E-state index < -0.39 is 0 Å². The van der Waals surface area contributed by atoms with E-state index in [-0.39, 0.29) is 29.3 Å². The molecule has 1 N–H and O–H groups in total. The lowest BCUT2D eigenvalue weighted by Crippen LogP contribution is -2.22. The lowest BCUT2D eigenvalue weighted by molar-refractivity contribution is -0.116. The highest BCUT2D eigenvalue weighted by Gasteiger charge is 2.20. The Kier molecular flexibility index (Phi) is 6.45. The summed E-state index contributed by atoms with van der Waals surface area (Å²) in [6.07, 6.45) is 1.52. The number of aromatic nitrogens is 4. The second-order valence-electron chi connectivity index (χ2n) is 8.46. The Labute approximate surface area is 216 Å². The number of nitrogens with one attached hydrogen (secondary N) is 1. The zero-order chi connectivity index (χ0) is 26.1. The second-order valence-corrected chi connectivity index (χ2v) is 8.87. The van der Waals surface area contributed by atoms with Gasteiger partial charge in [0.1, 0.15) is 23.5 Å². The number of hydrogen-bond acceptors (Lipinski definition) is 7. The van der Waals surface area contributed by atoms with Crippen LogP contribution in [0, 0.1) is 13.8 Å². The number of nitrogens with zero attached hydrogens (tertiary/aromatic N) is 4. The molecule has 3 heterocycles. The lowest BCUT2D eigenvalue weighted by Gasteiger charge is -2.13. The highest BCUT2D eigenvalue weighted by molar-refractivity contribution is 6.32. The first kappa shape index (κ1) is 24.2. The monoisotopic (exact) mass is 515 g/mol.